The summed E-state index contributed by atoms with van der Waals surface area (Å²) in [5, 5.41) is 1.11. The van der Waals surface area contributed by atoms with E-state index < -0.39 is 15.4 Å². The van der Waals surface area contributed by atoms with Crippen LogP contribution in [0.1, 0.15) is 48.9 Å². The first-order valence-corrected chi connectivity index (χ1v) is 11.8. The molecule has 1 unspecified atom stereocenters. The Kier molecular flexibility index (Phi) is 4.10. The molecule has 28 heavy (non-hydrogen) atoms. The van der Waals surface area contributed by atoms with Crippen molar-refractivity contribution in [2.24, 2.45) is 5.92 Å². The van der Waals surface area contributed by atoms with Crippen LogP contribution in [0.4, 0.5) is 0 Å². The number of pyridine rings is 1. The first-order chi connectivity index (χ1) is 13.5. The minimum Gasteiger partial charge on any atom is -0.359 e. The zero-order valence-electron chi connectivity index (χ0n) is 15.9. The van der Waals surface area contributed by atoms with E-state index in [1.165, 1.54) is 37.5 Å². The van der Waals surface area contributed by atoms with Crippen molar-refractivity contribution in [3.05, 3.63) is 59.4 Å². The fraction of sp³-hybridized carbons (Fsp3) is 0.409. The highest BCUT2D eigenvalue weighted by molar-refractivity contribution is 7.90. The van der Waals surface area contributed by atoms with Crippen molar-refractivity contribution in [2.75, 3.05) is 6.26 Å². The number of sulfone groups is 1. The van der Waals surface area contributed by atoms with Crippen LogP contribution in [0.15, 0.2) is 47.5 Å². The summed E-state index contributed by atoms with van der Waals surface area (Å²) >= 11 is 0. The number of H-pyrrole nitrogens is 1. The fourth-order valence-corrected chi connectivity index (χ4v) is 5.57. The lowest BCUT2D eigenvalue weighted by Crippen LogP contribution is -2.30. The molecule has 2 aromatic heterocycles. The molecule has 0 saturated heterocycles. The molecule has 3 aromatic rings. The van der Waals surface area contributed by atoms with Crippen LogP contribution in [0, 0.1) is 5.92 Å². The molecule has 6 heteroatoms. The first kappa shape index (κ1) is 17.9. The fourth-order valence-electron chi connectivity index (χ4n) is 4.94. The third-order valence-corrected chi connectivity index (χ3v) is 7.47. The van der Waals surface area contributed by atoms with E-state index in [9.17, 15) is 8.42 Å². The van der Waals surface area contributed by atoms with E-state index in [1.54, 1.807) is 18.3 Å². The number of hydrogen-bond donors (Lipinski definition) is 1. The summed E-state index contributed by atoms with van der Waals surface area (Å²) < 4.78 is 30.3. The largest absolute Gasteiger partial charge is 0.359 e. The predicted octanol–water partition coefficient (Wildman–Crippen LogP) is 4.32. The van der Waals surface area contributed by atoms with E-state index in [0.29, 0.717) is 17.4 Å². The van der Waals surface area contributed by atoms with Gasteiger partial charge in [-0.15, -0.1) is 0 Å². The number of aromatic nitrogens is 2. The Morgan fingerprint density at radius 1 is 1.18 bits per heavy atom. The highest BCUT2D eigenvalue weighted by Crippen LogP contribution is 2.50. The Morgan fingerprint density at radius 3 is 2.64 bits per heavy atom. The van der Waals surface area contributed by atoms with Gasteiger partial charge >= 0.3 is 0 Å². The topological polar surface area (TPSA) is 72.1 Å². The second kappa shape index (κ2) is 6.42. The molecule has 0 bridgehead atoms. The lowest BCUT2D eigenvalue weighted by atomic mass is 9.81. The molecule has 0 radical (unpaired) electrons. The Bertz CT molecular complexity index is 1130. The summed E-state index contributed by atoms with van der Waals surface area (Å²) in [4.78, 5) is 8.36. The van der Waals surface area contributed by atoms with Gasteiger partial charge in [0.15, 0.2) is 9.84 Å². The van der Waals surface area contributed by atoms with Crippen LogP contribution in [-0.4, -0.2) is 24.6 Å². The van der Waals surface area contributed by atoms with Gasteiger partial charge in [0, 0.05) is 23.4 Å². The third-order valence-electron chi connectivity index (χ3n) is 6.34. The molecule has 0 amide bonds. The first-order valence-electron chi connectivity index (χ1n) is 9.88. The van der Waals surface area contributed by atoms with E-state index >= 15 is 0 Å². The quantitative estimate of drug-likeness (QED) is 0.713. The molecule has 146 valence electrons. The minimum absolute atomic E-state index is 0.337. The van der Waals surface area contributed by atoms with Crippen LogP contribution in [0.5, 0.6) is 0 Å². The molecule has 1 aliphatic carbocycles. The molecule has 1 N–H and O–H groups in total. The monoisotopic (exact) mass is 396 g/mol. The maximum Gasteiger partial charge on any atom is 0.175 e. The molecule has 1 atom stereocenters. The van der Waals surface area contributed by atoms with Crippen molar-refractivity contribution >= 4 is 20.9 Å². The van der Waals surface area contributed by atoms with Crippen molar-refractivity contribution in [1.29, 1.82) is 0 Å². The van der Waals surface area contributed by atoms with Crippen LogP contribution in [0.25, 0.3) is 11.0 Å². The number of ether oxygens (including phenoxy) is 1. The molecule has 2 aliphatic rings. The third kappa shape index (κ3) is 2.78. The summed E-state index contributed by atoms with van der Waals surface area (Å²) in [6.45, 7) is 0.543. The zero-order valence-corrected chi connectivity index (χ0v) is 16.8. The van der Waals surface area contributed by atoms with E-state index in [0.717, 1.165) is 28.7 Å². The number of nitrogens with one attached hydrogen (secondary N) is 1. The minimum atomic E-state index is -3.22. The number of rotatable bonds is 4. The molecular formula is C22H24N2O3S. The van der Waals surface area contributed by atoms with Crippen molar-refractivity contribution in [2.45, 2.75) is 49.2 Å². The summed E-state index contributed by atoms with van der Waals surface area (Å²) in [6, 6.07) is 11.3. The summed E-state index contributed by atoms with van der Waals surface area (Å²) in [5.41, 5.74) is 3.59. The van der Waals surface area contributed by atoms with Gasteiger partial charge in [0.1, 0.15) is 11.2 Å². The number of hydrogen-bond acceptors (Lipinski definition) is 4. The van der Waals surface area contributed by atoms with Crippen molar-refractivity contribution in [3.63, 3.8) is 0 Å². The van der Waals surface area contributed by atoms with Gasteiger partial charge in [-0.25, -0.2) is 13.4 Å². The molecule has 5 nitrogen and oxygen atoms in total. The maximum atomic E-state index is 11.9. The van der Waals surface area contributed by atoms with Gasteiger partial charge in [0.05, 0.1) is 17.2 Å². The predicted molar refractivity (Wildman–Crippen MR) is 108 cm³/mol. The molecule has 1 aromatic carbocycles. The van der Waals surface area contributed by atoms with Gasteiger partial charge in [-0.3, -0.25) is 0 Å². The van der Waals surface area contributed by atoms with Crippen LogP contribution >= 0.6 is 0 Å². The zero-order chi connectivity index (χ0) is 19.4. The number of benzene rings is 1. The number of aromatic amines is 1. The smallest absolute Gasteiger partial charge is 0.175 e. The number of nitrogens with zero attached hydrogens (tertiary/aromatic N) is 1. The molecule has 1 fully saturated rings. The van der Waals surface area contributed by atoms with Gasteiger partial charge < -0.3 is 9.72 Å². The molecule has 0 spiro atoms. The Hall–Kier alpha value is -2.18. The van der Waals surface area contributed by atoms with E-state index in [4.69, 9.17) is 4.74 Å². The Labute approximate surface area is 165 Å². The second-order valence-electron chi connectivity index (χ2n) is 8.14. The Morgan fingerprint density at radius 2 is 1.93 bits per heavy atom. The second-order valence-corrected chi connectivity index (χ2v) is 10.2. The average Bonchev–Trinajstić information content (AvgIpc) is 3.39. The number of fused-ring (bicyclic) bond motifs is 3. The van der Waals surface area contributed by atoms with Gasteiger partial charge in [-0.05, 0) is 42.2 Å². The standard InChI is InChI=1S/C22H24N2O3S/c1-28(25,26)17-10-8-16(9-11-17)22(13-15-5-2-3-6-15)20-19(14-27-22)18-7-4-12-23-21(18)24-20/h4,7-12,15H,2-3,5-6,13-14H2,1H3,(H,23,24). The van der Waals surface area contributed by atoms with E-state index in [2.05, 4.69) is 16.0 Å². The molecule has 1 aliphatic heterocycles. The van der Waals surface area contributed by atoms with Gasteiger partial charge in [-0.2, -0.15) is 0 Å². The van der Waals surface area contributed by atoms with Crippen molar-refractivity contribution in [1.82, 2.24) is 9.97 Å². The average molecular weight is 397 g/mol. The summed E-state index contributed by atoms with van der Waals surface area (Å²) in [5.74, 6) is 0.611. The molecule has 1 saturated carbocycles. The van der Waals surface area contributed by atoms with Crippen molar-refractivity contribution in [3.8, 4) is 0 Å². The summed E-state index contributed by atoms with van der Waals surface area (Å²) in [6.07, 6.45) is 8.94. The SMILES string of the molecule is CS(=O)(=O)c1ccc(C2(CC3CCCC3)OCc3c2[nH]c2ncccc32)cc1. The molecule has 3 heterocycles. The van der Waals surface area contributed by atoms with Crippen LogP contribution in [0.2, 0.25) is 0 Å². The summed E-state index contributed by atoms with van der Waals surface area (Å²) in [7, 11) is -3.22. The van der Waals surface area contributed by atoms with Gasteiger partial charge in [0.2, 0.25) is 0 Å². The van der Waals surface area contributed by atoms with Crippen LogP contribution < -0.4 is 0 Å². The lowest BCUT2D eigenvalue weighted by Gasteiger charge is -2.32. The normalized spacial score (nSPS) is 22.8. The molecule has 5 rings (SSSR count). The lowest BCUT2D eigenvalue weighted by molar-refractivity contribution is -0.0247. The maximum absolute atomic E-state index is 11.9. The highest BCUT2D eigenvalue weighted by Gasteiger charge is 2.46. The molecular weight excluding hydrogens is 372 g/mol. The van der Waals surface area contributed by atoms with E-state index in [1.807, 2.05) is 18.2 Å². The van der Waals surface area contributed by atoms with Gasteiger partial charge in [0.25, 0.3) is 0 Å². The van der Waals surface area contributed by atoms with Crippen LogP contribution in [-0.2, 0) is 26.8 Å². The van der Waals surface area contributed by atoms with Crippen molar-refractivity contribution < 1.29 is 13.2 Å². The van der Waals surface area contributed by atoms with E-state index in [-0.39, 0.29) is 0 Å². The Balaban J connectivity index is 1.66. The van der Waals surface area contributed by atoms with Crippen LogP contribution in [0.3, 0.4) is 0 Å². The highest BCUT2D eigenvalue weighted by atomic mass is 32.2. The van der Waals surface area contributed by atoms with Gasteiger partial charge in [-0.1, -0.05) is 37.8 Å².